The first-order chi connectivity index (χ1) is 26.3. The average molecular weight is 891 g/mol. The largest absolute Gasteiger partial charge is 0.504 e. The van der Waals surface area contributed by atoms with E-state index in [-0.39, 0.29) is 49.2 Å². The van der Waals surface area contributed by atoms with Gasteiger partial charge in [-0.2, -0.15) is 0 Å². The van der Waals surface area contributed by atoms with Gasteiger partial charge in [0.1, 0.15) is 23.0 Å². The van der Waals surface area contributed by atoms with E-state index in [1.54, 1.807) is 6.07 Å². The van der Waals surface area contributed by atoms with E-state index in [4.69, 9.17) is 8.83 Å². The van der Waals surface area contributed by atoms with Gasteiger partial charge in [-0.25, -0.2) is 33.9 Å². The standard InChI is InChI=1S/C16H21N5O5S3.C14H17N5O5S3/c1-5-10(12-7-6-9(2)26-12)17-14-15(20-28(23)19-14)18-11-8-27-16(13(11)22)29(24,25)21(3)4;1-8-4-5-9(24-8)6-15-12-13(18-26(21)17-12)16-10-7-25-14(11(10)20)27(22,23)19(2)3/h6-8,10,22H,5H2,1-4H3,(H,17,19)(H,18,20);4-5,7,20H,6H2,1-3H3,(H,15,17)(H,16,18)/t10-,28?;/m1./s1. The molecule has 2 aliphatic rings. The number of thiophene rings is 2. The normalized spacial score (nSPS) is 17.5. The zero-order valence-electron chi connectivity index (χ0n) is 30.7. The molecule has 0 radical (unpaired) electrons. The van der Waals surface area contributed by atoms with Crippen molar-refractivity contribution in [1.82, 2.24) is 19.2 Å². The van der Waals surface area contributed by atoms with Crippen LogP contribution in [0.3, 0.4) is 0 Å². The summed E-state index contributed by atoms with van der Waals surface area (Å²) in [7, 11) is -2.09. The monoisotopic (exact) mass is 890 g/mol. The molecule has 0 aliphatic carbocycles. The Labute approximate surface area is 335 Å². The molecule has 20 nitrogen and oxygen atoms in total. The first-order valence-electron chi connectivity index (χ1n) is 16.1. The molecule has 6 rings (SSSR count). The summed E-state index contributed by atoms with van der Waals surface area (Å²) in [5, 5.41) is 35.2. The zero-order chi connectivity index (χ0) is 41.1. The van der Waals surface area contributed by atoms with Gasteiger partial charge in [0.25, 0.3) is 42.4 Å². The van der Waals surface area contributed by atoms with Crippen LogP contribution in [0, 0.1) is 13.8 Å². The second-order valence-corrected chi connectivity index (χ2v) is 20.1. The number of rotatable bonds is 11. The lowest BCUT2D eigenvalue weighted by atomic mass is 10.1. The van der Waals surface area contributed by atoms with E-state index >= 15 is 0 Å². The molecule has 0 bridgehead atoms. The Hall–Kier alpha value is -4.44. The first kappa shape index (κ1) is 42.7. The summed E-state index contributed by atoms with van der Waals surface area (Å²) in [6.45, 7) is 5.90. The van der Waals surface area contributed by atoms with Crippen molar-refractivity contribution in [2.45, 2.75) is 48.2 Å². The van der Waals surface area contributed by atoms with E-state index in [2.05, 4.69) is 38.9 Å². The quantitative estimate of drug-likeness (QED) is 0.126. The van der Waals surface area contributed by atoms with Crippen molar-refractivity contribution in [2.24, 2.45) is 17.6 Å². The maximum Gasteiger partial charge on any atom is 0.269 e. The van der Waals surface area contributed by atoms with Crippen molar-refractivity contribution in [3.8, 4) is 11.5 Å². The van der Waals surface area contributed by atoms with Crippen LogP contribution in [0.1, 0.15) is 42.4 Å². The molecule has 26 heteroatoms. The molecule has 0 saturated carbocycles. The van der Waals surface area contributed by atoms with Crippen molar-refractivity contribution < 1.29 is 44.3 Å². The molecule has 2 aliphatic heterocycles. The number of aryl methyl sites for hydroxylation is 2. The third-order valence-corrected chi connectivity index (χ3v) is 15.5. The molecule has 0 aromatic carbocycles. The van der Waals surface area contributed by atoms with Crippen LogP contribution in [0.25, 0.3) is 0 Å². The SMILES string of the molecule is CC[C@@H](NC1=NS(=O)N=C1Nc1csc(S(=O)(=O)N(C)C)c1O)c1ccc(C)o1.Cc1ccc(CNC2=NS(=O)N=C2Nc2csc(S(=O)(=O)N(C)C)c2O)o1. The molecule has 3 atom stereocenters. The van der Waals surface area contributed by atoms with Crippen LogP contribution in [-0.4, -0.2) is 95.6 Å². The fourth-order valence-electron chi connectivity index (χ4n) is 4.63. The van der Waals surface area contributed by atoms with Gasteiger partial charge in [-0.1, -0.05) is 6.92 Å². The van der Waals surface area contributed by atoms with Gasteiger partial charge >= 0.3 is 0 Å². The van der Waals surface area contributed by atoms with Gasteiger partial charge in [0.15, 0.2) is 43.3 Å². The number of furan rings is 2. The molecule has 0 saturated heterocycles. The smallest absolute Gasteiger partial charge is 0.269 e. The highest BCUT2D eigenvalue weighted by Gasteiger charge is 2.30. The van der Waals surface area contributed by atoms with Gasteiger partial charge in [-0.05, 0) is 44.5 Å². The van der Waals surface area contributed by atoms with Crippen molar-refractivity contribution >= 4 is 99.8 Å². The van der Waals surface area contributed by atoms with Crippen molar-refractivity contribution in [3.05, 3.63) is 58.1 Å². The zero-order valence-corrected chi connectivity index (χ0v) is 35.6. The first-order valence-corrected chi connectivity index (χ1v) is 22.9. The molecule has 0 amide bonds. The molecular formula is C30H38N10O10S6. The fraction of sp³-hybridized carbons (Fsp3) is 0.333. The van der Waals surface area contributed by atoms with E-state index in [1.165, 1.54) is 39.0 Å². The maximum absolute atomic E-state index is 12.3. The van der Waals surface area contributed by atoms with Gasteiger partial charge in [0.2, 0.25) is 0 Å². The second kappa shape index (κ2) is 17.4. The Kier molecular flexibility index (Phi) is 13.2. The molecule has 4 aromatic rings. The summed E-state index contributed by atoms with van der Waals surface area (Å²) in [5.41, 5.74) is 0.255. The molecule has 304 valence electrons. The lowest BCUT2D eigenvalue weighted by molar-refractivity contribution is 0.424. The summed E-state index contributed by atoms with van der Waals surface area (Å²) in [5.74, 6) is 2.71. The molecule has 6 N–H and O–H groups in total. The van der Waals surface area contributed by atoms with E-state index in [9.17, 15) is 35.5 Å². The second-order valence-electron chi connectivity index (χ2n) is 12.0. The van der Waals surface area contributed by atoms with Crippen molar-refractivity contribution in [2.75, 3.05) is 38.8 Å². The third-order valence-electron chi connectivity index (χ3n) is 7.58. The number of nitrogens with zero attached hydrogens (tertiary/aromatic N) is 6. The maximum atomic E-state index is 12.3. The van der Waals surface area contributed by atoms with E-state index in [1.807, 2.05) is 39.0 Å². The third kappa shape index (κ3) is 9.56. The minimum absolute atomic E-state index is 0.124. The predicted molar refractivity (Wildman–Crippen MR) is 217 cm³/mol. The number of anilines is 2. The van der Waals surface area contributed by atoms with E-state index < -0.39 is 53.9 Å². The molecular weight excluding hydrogens is 853 g/mol. The predicted octanol–water partition coefficient (Wildman–Crippen LogP) is 3.34. The highest BCUT2D eigenvalue weighted by Crippen LogP contribution is 2.40. The molecule has 6 heterocycles. The van der Waals surface area contributed by atoms with Crippen LogP contribution in [0.5, 0.6) is 11.5 Å². The van der Waals surface area contributed by atoms with E-state index in [0.717, 1.165) is 42.8 Å². The Morgan fingerprint density at radius 1 is 0.732 bits per heavy atom. The summed E-state index contributed by atoms with van der Waals surface area (Å²) in [4.78, 5) is 0. The molecule has 0 spiro atoms. The van der Waals surface area contributed by atoms with Crippen molar-refractivity contribution in [3.63, 3.8) is 0 Å². The Morgan fingerprint density at radius 3 is 1.64 bits per heavy atom. The van der Waals surface area contributed by atoms with Crippen LogP contribution in [0.4, 0.5) is 11.4 Å². The summed E-state index contributed by atoms with van der Waals surface area (Å²) in [6.07, 6.45) is 0.667. The van der Waals surface area contributed by atoms with Gasteiger partial charge in [-0.3, -0.25) is 0 Å². The van der Waals surface area contributed by atoms with Crippen LogP contribution in [0.2, 0.25) is 0 Å². The van der Waals surface area contributed by atoms with Gasteiger partial charge in [0, 0.05) is 39.0 Å². The van der Waals surface area contributed by atoms with Crippen LogP contribution in [-0.2, 0) is 48.9 Å². The molecule has 2 unspecified atom stereocenters. The van der Waals surface area contributed by atoms with Gasteiger partial charge in [-0.15, -0.1) is 40.3 Å². The highest BCUT2D eigenvalue weighted by molar-refractivity contribution is 7.91. The lowest BCUT2D eigenvalue weighted by Gasteiger charge is -2.17. The molecule has 4 aromatic heterocycles. The highest BCUT2D eigenvalue weighted by atomic mass is 32.3. The van der Waals surface area contributed by atoms with Gasteiger partial charge < -0.3 is 40.3 Å². The van der Waals surface area contributed by atoms with Crippen LogP contribution in [0.15, 0.2) is 69.9 Å². The molecule has 56 heavy (non-hydrogen) atoms. The number of hydrogen-bond acceptors (Lipinski definition) is 16. The summed E-state index contributed by atoms with van der Waals surface area (Å²) in [6, 6.07) is 7.07. The average Bonchev–Trinajstić information content (AvgIpc) is 3.99. The Balaban J connectivity index is 0.000000215. The van der Waals surface area contributed by atoms with Gasteiger partial charge in [0.05, 0.1) is 24.0 Å². The van der Waals surface area contributed by atoms with Crippen LogP contribution >= 0.6 is 22.7 Å². The number of aromatic hydroxyl groups is 2. The number of hydrogen-bond donors (Lipinski definition) is 6. The van der Waals surface area contributed by atoms with E-state index in [0.29, 0.717) is 24.5 Å². The lowest BCUT2D eigenvalue weighted by Crippen LogP contribution is -2.36. The van der Waals surface area contributed by atoms with Crippen molar-refractivity contribution in [1.29, 1.82) is 0 Å². The minimum Gasteiger partial charge on any atom is -0.504 e. The number of sulfonamides is 2. The summed E-state index contributed by atoms with van der Waals surface area (Å²) < 4.78 is 101. The minimum atomic E-state index is -3.80. The Bertz CT molecular complexity index is 2490. The molecule has 0 fully saturated rings. The van der Waals surface area contributed by atoms with Crippen LogP contribution < -0.4 is 21.3 Å². The topological polar surface area (TPSA) is 273 Å². The number of nitrogens with one attached hydrogen (secondary N) is 4. The fourth-order valence-corrected chi connectivity index (χ4v) is 10.7. The number of amidine groups is 4. The Morgan fingerprint density at radius 2 is 1.20 bits per heavy atom. The summed E-state index contributed by atoms with van der Waals surface area (Å²) >= 11 is -1.92.